The first-order valence-corrected chi connectivity index (χ1v) is 12.3. The third kappa shape index (κ3) is 6.75. The molecule has 0 heterocycles. The van der Waals surface area contributed by atoms with Gasteiger partial charge in [0.25, 0.3) is 0 Å². The lowest BCUT2D eigenvalue weighted by Crippen LogP contribution is -2.51. The van der Waals surface area contributed by atoms with Crippen LogP contribution in [-0.2, 0) is 22.6 Å². The molecule has 1 atom stereocenters. The highest BCUT2D eigenvalue weighted by Crippen LogP contribution is 2.28. The molecular formula is C28H38N2O4. The van der Waals surface area contributed by atoms with Gasteiger partial charge in [-0.2, -0.15) is 0 Å². The minimum Gasteiger partial charge on any atom is -0.493 e. The molecule has 1 N–H and O–H groups in total. The highest BCUT2D eigenvalue weighted by molar-refractivity contribution is 5.88. The molecule has 184 valence electrons. The molecule has 0 saturated heterocycles. The number of aryl methyl sites for hydroxylation is 2. The van der Waals surface area contributed by atoms with Crippen molar-refractivity contribution in [3.05, 3.63) is 59.2 Å². The van der Waals surface area contributed by atoms with Crippen LogP contribution < -0.4 is 14.8 Å². The molecule has 2 aromatic carbocycles. The number of carbonyl (C=O) groups is 2. The maximum atomic E-state index is 13.5. The molecule has 1 aliphatic rings. The summed E-state index contributed by atoms with van der Waals surface area (Å²) in [5.74, 6) is 1.24. The Morgan fingerprint density at radius 1 is 1.03 bits per heavy atom. The predicted octanol–water partition coefficient (Wildman–Crippen LogP) is 4.81. The van der Waals surface area contributed by atoms with Gasteiger partial charge >= 0.3 is 0 Å². The molecule has 0 unspecified atom stereocenters. The Hall–Kier alpha value is -3.02. The van der Waals surface area contributed by atoms with E-state index in [9.17, 15) is 9.59 Å². The number of benzene rings is 2. The van der Waals surface area contributed by atoms with Crippen LogP contribution in [0.5, 0.6) is 11.5 Å². The van der Waals surface area contributed by atoms with E-state index in [0.29, 0.717) is 37.3 Å². The van der Waals surface area contributed by atoms with Crippen LogP contribution in [0, 0.1) is 6.92 Å². The van der Waals surface area contributed by atoms with Gasteiger partial charge in [-0.15, -0.1) is 0 Å². The lowest BCUT2D eigenvalue weighted by atomic mass is 10.0. The molecule has 6 heteroatoms. The zero-order valence-electron chi connectivity index (χ0n) is 20.9. The van der Waals surface area contributed by atoms with Crippen LogP contribution in [-0.4, -0.2) is 43.0 Å². The van der Waals surface area contributed by atoms with E-state index in [0.717, 1.165) is 42.4 Å². The lowest BCUT2D eigenvalue weighted by Gasteiger charge is -2.31. The lowest BCUT2D eigenvalue weighted by molar-refractivity contribution is -0.141. The summed E-state index contributed by atoms with van der Waals surface area (Å²) in [5, 5.41) is 3.20. The molecule has 2 amide bonds. The number of nitrogens with zero attached hydrogens (tertiary/aromatic N) is 1. The van der Waals surface area contributed by atoms with Crippen LogP contribution in [0.1, 0.15) is 62.1 Å². The second-order valence-corrected chi connectivity index (χ2v) is 9.11. The van der Waals surface area contributed by atoms with Crippen molar-refractivity contribution in [2.24, 2.45) is 0 Å². The fourth-order valence-corrected chi connectivity index (χ4v) is 4.73. The smallest absolute Gasteiger partial charge is 0.243 e. The fraction of sp³-hybridized carbons (Fsp3) is 0.500. The van der Waals surface area contributed by atoms with Gasteiger partial charge in [0.2, 0.25) is 11.8 Å². The maximum absolute atomic E-state index is 13.5. The number of hydrogen-bond donors (Lipinski definition) is 1. The largest absolute Gasteiger partial charge is 0.493 e. The minimum atomic E-state index is -0.487. The van der Waals surface area contributed by atoms with E-state index in [-0.39, 0.29) is 17.9 Å². The molecule has 0 aromatic heterocycles. The number of methoxy groups -OCH3 is 2. The molecule has 34 heavy (non-hydrogen) atoms. The van der Waals surface area contributed by atoms with E-state index in [1.807, 2.05) is 50.2 Å². The number of hydrogen-bond acceptors (Lipinski definition) is 4. The summed E-state index contributed by atoms with van der Waals surface area (Å²) in [6.45, 7) is 4.43. The topological polar surface area (TPSA) is 67.9 Å². The van der Waals surface area contributed by atoms with Crippen LogP contribution in [0.4, 0.5) is 0 Å². The molecule has 0 aliphatic heterocycles. The second kappa shape index (κ2) is 12.4. The van der Waals surface area contributed by atoms with Crippen molar-refractivity contribution in [2.75, 3.05) is 14.2 Å². The van der Waals surface area contributed by atoms with Crippen LogP contribution in [0.15, 0.2) is 42.5 Å². The van der Waals surface area contributed by atoms with Gasteiger partial charge in [-0.25, -0.2) is 0 Å². The van der Waals surface area contributed by atoms with Crippen molar-refractivity contribution in [3.8, 4) is 11.5 Å². The standard InChI is InChI=1S/C28H38N2O4/c1-5-24(28(32)29-23-11-6-7-12-23)30(19-22-10-8-9-20(2)17-22)27(31)16-14-21-13-15-25(33-3)26(18-21)34-4/h8-10,13,15,17-18,23-24H,5-7,11-12,14,16,19H2,1-4H3,(H,29,32)/t24-/m0/s1. The van der Waals surface area contributed by atoms with Crippen LogP contribution in [0.2, 0.25) is 0 Å². The van der Waals surface area contributed by atoms with Crippen molar-refractivity contribution in [2.45, 2.75) is 77.4 Å². The van der Waals surface area contributed by atoms with E-state index in [2.05, 4.69) is 11.4 Å². The van der Waals surface area contributed by atoms with Crippen LogP contribution in [0.25, 0.3) is 0 Å². The molecule has 2 aromatic rings. The van der Waals surface area contributed by atoms with Crippen molar-refractivity contribution < 1.29 is 19.1 Å². The van der Waals surface area contributed by atoms with Crippen molar-refractivity contribution in [3.63, 3.8) is 0 Å². The predicted molar refractivity (Wildman–Crippen MR) is 134 cm³/mol. The third-order valence-electron chi connectivity index (χ3n) is 6.60. The van der Waals surface area contributed by atoms with Gasteiger partial charge < -0.3 is 19.7 Å². The van der Waals surface area contributed by atoms with Crippen molar-refractivity contribution in [1.29, 1.82) is 0 Å². The average molecular weight is 467 g/mol. The number of nitrogens with one attached hydrogen (secondary N) is 1. The Morgan fingerprint density at radius 2 is 1.76 bits per heavy atom. The Bertz CT molecular complexity index is 969. The molecule has 0 bridgehead atoms. The van der Waals surface area contributed by atoms with Gasteiger partial charge in [-0.1, -0.05) is 55.7 Å². The number of rotatable bonds is 11. The Kier molecular flexibility index (Phi) is 9.37. The normalized spacial score (nSPS) is 14.5. The summed E-state index contributed by atoms with van der Waals surface area (Å²) in [7, 11) is 3.21. The molecule has 1 aliphatic carbocycles. The summed E-state index contributed by atoms with van der Waals surface area (Å²) < 4.78 is 10.7. The zero-order chi connectivity index (χ0) is 24.5. The maximum Gasteiger partial charge on any atom is 0.243 e. The van der Waals surface area contributed by atoms with Crippen molar-refractivity contribution >= 4 is 11.8 Å². The van der Waals surface area contributed by atoms with Crippen LogP contribution in [0.3, 0.4) is 0 Å². The van der Waals surface area contributed by atoms with Gasteiger partial charge in [-0.3, -0.25) is 9.59 Å². The number of ether oxygens (including phenoxy) is 2. The van der Waals surface area contributed by atoms with Crippen molar-refractivity contribution in [1.82, 2.24) is 10.2 Å². The van der Waals surface area contributed by atoms with E-state index in [1.54, 1.807) is 19.1 Å². The summed E-state index contributed by atoms with van der Waals surface area (Å²) in [5.41, 5.74) is 3.16. The quantitative estimate of drug-likeness (QED) is 0.516. The number of carbonyl (C=O) groups excluding carboxylic acids is 2. The minimum absolute atomic E-state index is 0.0234. The summed E-state index contributed by atoms with van der Waals surface area (Å²) in [6.07, 6.45) is 5.80. The molecule has 0 radical (unpaired) electrons. The summed E-state index contributed by atoms with van der Waals surface area (Å²) in [4.78, 5) is 28.5. The van der Waals surface area contributed by atoms with Gasteiger partial charge in [0, 0.05) is 19.0 Å². The summed E-state index contributed by atoms with van der Waals surface area (Å²) >= 11 is 0. The van der Waals surface area contributed by atoms with Gasteiger partial charge in [-0.05, 0) is 55.9 Å². The van der Waals surface area contributed by atoms with E-state index in [1.165, 1.54) is 0 Å². The molecule has 0 spiro atoms. The van der Waals surface area contributed by atoms with E-state index >= 15 is 0 Å². The molecule has 1 fully saturated rings. The second-order valence-electron chi connectivity index (χ2n) is 9.11. The molecule has 3 rings (SSSR count). The number of amides is 2. The van der Waals surface area contributed by atoms with Crippen LogP contribution >= 0.6 is 0 Å². The SMILES string of the molecule is CC[C@@H](C(=O)NC1CCCC1)N(Cc1cccc(C)c1)C(=O)CCc1ccc(OC)c(OC)c1. The molecular weight excluding hydrogens is 428 g/mol. The molecule has 1 saturated carbocycles. The fourth-order valence-electron chi connectivity index (χ4n) is 4.73. The Morgan fingerprint density at radius 3 is 2.41 bits per heavy atom. The van der Waals surface area contributed by atoms with E-state index in [4.69, 9.17) is 9.47 Å². The average Bonchev–Trinajstić information content (AvgIpc) is 3.35. The molecule has 6 nitrogen and oxygen atoms in total. The van der Waals surface area contributed by atoms with Gasteiger partial charge in [0.05, 0.1) is 14.2 Å². The zero-order valence-corrected chi connectivity index (χ0v) is 20.9. The Labute approximate surface area is 203 Å². The Balaban J connectivity index is 1.77. The summed E-state index contributed by atoms with van der Waals surface area (Å²) in [6, 6.07) is 13.6. The van der Waals surface area contributed by atoms with Gasteiger partial charge in [0.15, 0.2) is 11.5 Å². The third-order valence-corrected chi connectivity index (χ3v) is 6.60. The highest BCUT2D eigenvalue weighted by Gasteiger charge is 2.30. The van der Waals surface area contributed by atoms with Gasteiger partial charge in [0.1, 0.15) is 6.04 Å². The van der Waals surface area contributed by atoms with E-state index < -0.39 is 6.04 Å². The monoisotopic (exact) mass is 466 g/mol. The first-order valence-electron chi connectivity index (χ1n) is 12.3. The first kappa shape index (κ1) is 25.6. The highest BCUT2D eigenvalue weighted by atomic mass is 16.5. The first-order chi connectivity index (χ1) is 16.4.